The molecule has 194 valence electrons. The van der Waals surface area contributed by atoms with Crippen molar-refractivity contribution >= 4 is 29.4 Å². The zero-order valence-corrected chi connectivity index (χ0v) is 21.1. The fourth-order valence-corrected chi connectivity index (χ4v) is 4.73. The van der Waals surface area contributed by atoms with E-state index in [4.69, 9.17) is 4.74 Å². The summed E-state index contributed by atoms with van der Waals surface area (Å²) in [6, 6.07) is 21.0. The Hall–Kier alpha value is -4.66. The maximum atomic E-state index is 12.9. The molecule has 0 radical (unpaired) electrons. The largest absolute Gasteiger partial charge is 0.457 e. The van der Waals surface area contributed by atoms with Gasteiger partial charge in [-0.1, -0.05) is 30.3 Å². The van der Waals surface area contributed by atoms with E-state index in [0.717, 1.165) is 11.3 Å². The second kappa shape index (κ2) is 10.0. The van der Waals surface area contributed by atoms with E-state index >= 15 is 0 Å². The number of imide groups is 1. The van der Waals surface area contributed by atoms with Crippen molar-refractivity contribution in [3.63, 3.8) is 0 Å². The van der Waals surface area contributed by atoms with E-state index < -0.39 is 23.5 Å². The van der Waals surface area contributed by atoms with Gasteiger partial charge in [-0.25, -0.2) is 4.79 Å². The summed E-state index contributed by atoms with van der Waals surface area (Å²) in [4.78, 5) is 50.9. The molecular weight excluding hydrogens is 484 g/mol. The van der Waals surface area contributed by atoms with Crippen LogP contribution in [0.25, 0.3) is 0 Å². The summed E-state index contributed by atoms with van der Waals surface area (Å²) in [7, 11) is 0. The zero-order valence-electron chi connectivity index (χ0n) is 21.1. The number of benzene rings is 3. The molecule has 1 atom stereocenters. The van der Waals surface area contributed by atoms with Crippen molar-refractivity contribution in [3.8, 4) is 11.5 Å². The second-order valence-corrected chi connectivity index (χ2v) is 9.92. The highest BCUT2D eigenvalue weighted by Gasteiger charge is 2.39. The summed E-state index contributed by atoms with van der Waals surface area (Å²) < 4.78 is 5.84. The van der Waals surface area contributed by atoms with Crippen LogP contribution in [0.4, 0.5) is 10.5 Å². The van der Waals surface area contributed by atoms with Crippen molar-refractivity contribution in [2.75, 3.05) is 5.32 Å². The Morgan fingerprint density at radius 3 is 2.39 bits per heavy atom. The van der Waals surface area contributed by atoms with Gasteiger partial charge in [0.25, 0.3) is 5.91 Å². The van der Waals surface area contributed by atoms with Gasteiger partial charge in [0.1, 0.15) is 17.5 Å². The molecule has 38 heavy (non-hydrogen) atoms. The molecule has 1 saturated heterocycles. The molecule has 1 unspecified atom stereocenters. The van der Waals surface area contributed by atoms with E-state index in [9.17, 15) is 19.2 Å². The van der Waals surface area contributed by atoms with Gasteiger partial charge in [0.2, 0.25) is 11.8 Å². The van der Waals surface area contributed by atoms with Gasteiger partial charge < -0.3 is 20.3 Å². The lowest BCUT2D eigenvalue weighted by atomic mass is 9.94. The third-order valence-electron chi connectivity index (χ3n) is 6.76. The number of hydrogen-bond acceptors (Lipinski definition) is 5. The Labute approximate surface area is 220 Å². The van der Waals surface area contributed by atoms with Crippen LogP contribution in [0.2, 0.25) is 0 Å². The minimum absolute atomic E-state index is 0.196. The monoisotopic (exact) mass is 512 g/mol. The Bertz CT molecular complexity index is 1400. The molecule has 5 rings (SSSR count). The molecule has 3 N–H and O–H groups in total. The fourth-order valence-electron chi connectivity index (χ4n) is 4.73. The molecule has 2 aliphatic rings. The van der Waals surface area contributed by atoms with Gasteiger partial charge >= 0.3 is 6.03 Å². The number of fused-ring (bicyclic) bond motifs is 1. The first-order valence-corrected chi connectivity index (χ1v) is 12.4. The number of amides is 5. The van der Waals surface area contributed by atoms with E-state index in [1.807, 2.05) is 68.4 Å². The molecular formula is C29H28N4O5. The summed E-state index contributed by atoms with van der Waals surface area (Å²) in [5.41, 5.74) is 1.95. The molecule has 0 saturated carbocycles. The predicted octanol–water partition coefficient (Wildman–Crippen LogP) is 4.30. The molecule has 5 amide bonds. The molecule has 3 aromatic carbocycles. The lowest BCUT2D eigenvalue weighted by Gasteiger charge is -2.29. The first-order valence-electron chi connectivity index (χ1n) is 12.4. The second-order valence-electron chi connectivity index (χ2n) is 9.92. The fraction of sp³-hybridized carbons (Fsp3) is 0.241. The topological polar surface area (TPSA) is 117 Å². The molecule has 2 aliphatic heterocycles. The number of carbonyl (C=O) groups excluding carboxylic acids is 4. The lowest BCUT2D eigenvalue weighted by molar-refractivity contribution is -0.136. The third-order valence-corrected chi connectivity index (χ3v) is 6.76. The smallest absolute Gasteiger partial charge is 0.319 e. The average molecular weight is 513 g/mol. The Kier molecular flexibility index (Phi) is 6.59. The van der Waals surface area contributed by atoms with Crippen molar-refractivity contribution < 1.29 is 23.9 Å². The number of ether oxygens (including phenoxy) is 1. The van der Waals surface area contributed by atoms with Gasteiger partial charge in [-0.2, -0.15) is 0 Å². The summed E-state index contributed by atoms with van der Waals surface area (Å²) in [6.07, 6.45) is 0.494. The molecule has 0 aliphatic carbocycles. The summed E-state index contributed by atoms with van der Waals surface area (Å²) in [5.74, 6) is 0.396. The number of anilines is 1. The van der Waals surface area contributed by atoms with E-state index in [1.54, 1.807) is 18.2 Å². The molecule has 9 nitrogen and oxygen atoms in total. The van der Waals surface area contributed by atoms with Crippen LogP contribution in [0.1, 0.15) is 48.2 Å². The van der Waals surface area contributed by atoms with Crippen molar-refractivity contribution in [1.82, 2.24) is 15.5 Å². The lowest BCUT2D eigenvalue weighted by Crippen LogP contribution is -2.52. The van der Waals surface area contributed by atoms with Crippen molar-refractivity contribution in [2.24, 2.45) is 0 Å². The number of hydrogen-bond donors (Lipinski definition) is 3. The van der Waals surface area contributed by atoms with Crippen LogP contribution < -0.4 is 20.7 Å². The molecule has 1 fully saturated rings. The van der Waals surface area contributed by atoms with Gasteiger partial charge in [0, 0.05) is 24.2 Å². The van der Waals surface area contributed by atoms with E-state index in [0.29, 0.717) is 29.0 Å². The van der Waals surface area contributed by atoms with E-state index in [-0.39, 0.29) is 24.8 Å². The molecule has 0 spiro atoms. The maximum Gasteiger partial charge on any atom is 0.319 e. The average Bonchev–Trinajstić information content (AvgIpc) is 3.20. The first kappa shape index (κ1) is 25.0. The van der Waals surface area contributed by atoms with Gasteiger partial charge in [-0.3, -0.25) is 19.7 Å². The van der Waals surface area contributed by atoms with Crippen LogP contribution in [0.15, 0.2) is 72.8 Å². The molecule has 9 heteroatoms. The van der Waals surface area contributed by atoms with Crippen molar-refractivity contribution in [3.05, 3.63) is 89.5 Å². The standard InChI is InChI=1S/C29H28N4O5/c1-29(2,19-8-11-22(12-9-19)38-21-6-4-3-5-7-21)32-28(37)30-20-10-13-23-18(16-20)17-33(27(23)36)24-14-15-25(34)31-26(24)35/h3-13,16,24H,14-15,17H2,1-2H3,(H2,30,32,37)(H,31,34,35). The number of piperidine rings is 1. The van der Waals surface area contributed by atoms with Gasteiger partial charge in [-0.15, -0.1) is 0 Å². The quantitative estimate of drug-likeness (QED) is 0.426. The summed E-state index contributed by atoms with van der Waals surface area (Å²) >= 11 is 0. The molecule has 2 heterocycles. The Morgan fingerprint density at radius 1 is 0.974 bits per heavy atom. The zero-order chi connectivity index (χ0) is 26.9. The van der Waals surface area contributed by atoms with Crippen LogP contribution in [-0.2, 0) is 21.7 Å². The van der Waals surface area contributed by atoms with Gasteiger partial charge in [0.15, 0.2) is 0 Å². The highest BCUT2D eigenvalue weighted by Crippen LogP contribution is 2.30. The molecule has 0 bridgehead atoms. The first-order chi connectivity index (χ1) is 18.2. The maximum absolute atomic E-state index is 12.9. The summed E-state index contributed by atoms with van der Waals surface area (Å²) in [5, 5.41) is 8.12. The predicted molar refractivity (Wildman–Crippen MR) is 141 cm³/mol. The minimum Gasteiger partial charge on any atom is -0.457 e. The summed E-state index contributed by atoms with van der Waals surface area (Å²) in [6.45, 7) is 4.04. The number of nitrogens with one attached hydrogen (secondary N) is 3. The highest BCUT2D eigenvalue weighted by molar-refractivity contribution is 6.05. The minimum atomic E-state index is -0.683. The molecule has 0 aromatic heterocycles. The van der Waals surface area contributed by atoms with Crippen LogP contribution in [0.5, 0.6) is 11.5 Å². The molecule has 3 aromatic rings. The van der Waals surface area contributed by atoms with Crippen LogP contribution >= 0.6 is 0 Å². The van der Waals surface area contributed by atoms with Crippen molar-refractivity contribution in [1.29, 1.82) is 0 Å². The number of nitrogens with zero attached hydrogens (tertiary/aromatic N) is 1. The SMILES string of the molecule is CC(C)(NC(=O)Nc1ccc2c(c1)CN(C1CCC(=O)NC1=O)C2=O)c1ccc(Oc2ccccc2)cc1. The van der Waals surface area contributed by atoms with Crippen LogP contribution in [0, 0.1) is 0 Å². The number of carbonyl (C=O) groups is 4. The van der Waals surface area contributed by atoms with Crippen LogP contribution in [0.3, 0.4) is 0 Å². The van der Waals surface area contributed by atoms with Gasteiger partial charge in [0.05, 0.1) is 5.54 Å². The van der Waals surface area contributed by atoms with Gasteiger partial charge in [-0.05, 0) is 73.9 Å². The third kappa shape index (κ3) is 5.22. The normalized spacial score (nSPS) is 17.1. The number of rotatable bonds is 6. The number of urea groups is 1. The van der Waals surface area contributed by atoms with Crippen LogP contribution in [-0.4, -0.2) is 34.7 Å². The number of para-hydroxylation sites is 1. The van der Waals surface area contributed by atoms with E-state index in [1.165, 1.54) is 4.90 Å². The highest BCUT2D eigenvalue weighted by atomic mass is 16.5. The Morgan fingerprint density at radius 2 is 1.68 bits per heavy atom. The Balaban J connectivity index is 1.21. The van der Waals surface area contributed by atoms with E-state index in [2.05, 4.69) is 16.0 Å². The van der Waals surface area contributed by atoms with Crippen molar-refractivity contribution in [2.45, 2.75) is 44.8 Å².